The first-order valence-electron chi connectivity index (χ1n) is 6.82. The van der Waals surface area contributed by atoms with E-state index < -0.39 is 10.0 Å². The van der Waals surface area contributed by atoms with E-state index in [1.54, 1.807) is 10.4 Å². The highest BCUT2D eigenvalue weighted by atomic mass is 32.2. The van der Waals surface area contributed by atoms with E-state index in [2.05, 4.69) is 0 Å². The Labute approximate surface area is 116 Å². The summed E-state index contributed by atoms with van der Waals surface area (Å²) in [7, 11) is -3.18. The second-order valence-corrected chi connectivity index (χ2v) is 6.79. The molecule has 108 valence electrons. The lowest BCUT2D eigenvalue weighted by Gasteiger charge is -2.22. The molecule has 1 aromatic carbocycles. The molecule has 0 aliphatic carbocycles. The van der Waals surface area contributed by atoms with Crippen LogP contribution < -0.4 is 5.73 Å². The van der Waals surface area contributed by atoms with Crippen LogP contribution in [-0.2, 0) is 16.6 Å². The standard InChI is InChI=1S/C14H24N2O2S/c1-3-5-11-19(17,18)16(10-4-2)12-13-8-6-7-9-14(13)15/h6-9H,3-5,10-12,15H2,1-2H3. The van der Waals surface area contributed by atoms with Crippen LogP contribution in [0.15, 0.2) is 24.3 Å². The van der Waals surface area contributed by atoms with E-state index in [1.165, 1.54) is 0 Å². The summed E-state index contributed by atoms with van der Waals surface area (Å²) in [6.45, 7) is 4.89. The maximum absolute atomic E-state index is 12.3. The molecule has 1 aromatic rings. The molecule has 0 heterocycles. The zero-order chi connectivity index (χ0) is 14.3. The topological polar surface area (TPSA) is 63.4 Å². The van der Waals surface area contributed by atoms with Gasteiger partial charge in [-0.25, -0.2) is 8.42 Å². The van der Waals surface area contributed by atoms with Gasteiger partial charge in [-0.15, -0.1) is 0 Å². The fourth-order valence-corrected chi connectivity index (χ4v) is 3.60. The van der Waals surface area contributed by atoms with Crippen LogP contribution in [0, 0.1) is 0 Å². The number of hydrogen-bond acceptors (Lipinski definition) is 3. The van der Waals surface area contributed by atoms with Crippen LogP contribution in [-0.4, -0.2) is 25.0 Å². The number of unbranched alkanes of at least 4 members (excludes halogenated alkanes) is 1. The summed E-state index contributed by atoms with van der Waals surface area (Å²) >= 11 is 0. The Balaban J connectivity index is 2.86. The molecule has 1 rings (SSSR count). The zero-order valence-electron chi connectivity index (χ0n) is 11.8. The SMILES string of the molecule is CCCCS(=O)(=O)N(CCC)Cc1ccccc1N. The Hall–Kier alpha value is -1.07. The summed E-state index contributed by atoms with van der Waals surface area (Å²) in [5.74, 6) is 0.218. The number of nitrogens with two attached hydrogens (primary N) is 1. The number of sulfonamides is 1. The molecule has 2 N–H and O–H groups in total. The summed E-state index contributed by atoms with van der Waals surface area (Å²) in [5, 5.41) is 0. The van der Waals surface area contributed by atoms with Crippen molar-refractivity contribution in [3.63, 3.8) is 0 Å². The number of nitrogens with zero attached hydrogens (tertiary/aromatic N) is 1. The average molecular weight is 284 g/mol. The quantitative estimate of drug-likeness (QED) is 0.746. The first kappa shape index (κ1) is 16.0. The summed E-state index contributed by atoms with van der Waals surface area (Å²) in [6, 6.07) is 7.43. The van der Waals surface area contributed by atoms with Gasteiger partial charge in [0.15, 0.2) is 0 Å². The Morgan fingerprint density at radius 3 is 2.42 bits per heavy atom. The summed E-state index contributed by atoms with van der Waals surface area (Å²) in [4.78, 5) is 0. The van der Waals surface area contributed by atoms with E-state index >= 15 is 0 Å². The molecular weight excluding hydrogens is 260 g/mol. The van der Waals surface area contributed by atoms with Crippen LogP contribution in [0.3, 0.4) is 0 Å². The van der Waals surface area contributed by atoms with Crippen molar-refractivity contribution < 1.29 is 8.42 Å². The molecule has 0 radical (unpaired) electrons. The van der Waals surface area contributed by atoms with Crippen LogP contribution in [0.5, 0.6) is 0 Å². The third-order valence-electron chi connectivity index (χ3n) is 3.02. The third-order valence-corrected chi connectivity index (χ3v) is 4.93. The van der Waals surface area contributed by atoms with E-state index in [-0.39, 0.29) is 5.75 Å². The molecule has 0 saturated heterocycles. The summed E-state index contributed by atoms with van der Waals surface area (Å²) in [5.41, 5.74) is 7.41. The molecule has 0 atom stereocenters. The highest BCUT2D eigenvalue weighted by Crippen LogP contribution is 2.17. The third kappa shape index (κ3) is 4.84. The van der Waals surface area contributed by atoms with Crippen LogP contribution >= 0.6 is 0 Å². The summed E-state index contributed by atoms with van der Waals surface area (Å²) in [6.07, 6.45) is 2.39. The van der Waals surface area contributed by atoms with Crippen molar-refractivity contribution in [2.24, 2.45) is 0 Å². The molecule has 5 heteroatoms. The fraction of sp³-hybridized carbons (Fsp3) is 0.571. The van der Waals surface area contributed by atoms with E-state index in [0.717, 1.165) is 18.4 Å². The average Bonchev–Trinajstić information content (AvgIpc) is 2.38. The second kappa shape index (κ2) is 7.50. The second-order valence-electron chi connectivity index (χ2n) is 4.70. The van der Waals surface area contributed by atoms with Crippen LogP contribution in [0.25, 0.3) is 0 Å². The largest absolute Gasteiger partial charge is 0.398 e. The molecule has 0 spiro atoms. The minimum absolute atomic E-state index is 0.218. The Bertz CT molecular complexity index is 486. The predicted molar refractivity (Wildman–Crippen MR) is 80.3 cm³/mol. The smallest absolute Gasteiger partial charge is 0.214 e. The number of hydrogen-bond donors (Lipinski definition) is 1. The van der Waals surface area contributed by atoms with Gasteiger partial charge in [0.25, 0.3) is 0 Å². The van der Waals surface area contributed by atoms with Gasteiger partial charge in [0.05, 0.1) is 5.75 Å². The lowest BCUT2D eigenvalue weighted by Crippen LogP contribution is -2.33. The molecule has 19 heavy (non-hydrogen) atoms. The number of para-hydroxylation sites is 1. The molecule has 0 aliphatic heterocycles. The van der Waals surface area contributed by atoms with Gasteiger partial charge >= 0.3 is 0 Å². The monoisotopic (exact) mass is 284 g/mol. The number of rotatable bonds is 8. The minimum atomic E-state index is -3.18. The first-order valence-corrected chi connectivity index (χ1v) is 8.43. The normalized spacial score (nSPS) is 11.9. The predicted octanol–water partition coefficient (Wildman–Crippen LogP) is 2.61. The van der Waals surface area contributed by atoms with Gasteiger partial charge in [-0.1, -0.05) is 38.5 Å². The lowest BCUT2D eigenvalue weighted by atomic mass is 10.2. The Morgan fingerprint density at radius 1 is 1.16 bits per heavy atom. The van der Waals surface area contributed by atoms with E-state index in [0.29, 0.717) is 25.2 Å². The van der Waals surface area contributed by atoms with Crippen molar-refractivity contribution >= 4 is 15.7 Å². The van der Waals surface area contributed by atoms with Gasteiger partial charge in [-0.2, -0.15) is 4.31 Å². The van der Waals surface area contributed by atoms with Crippen molar-refractivity contribution in [3.8, 4) is 0 Å². The van der Waals surface area contributed by atoms with Crippen LogP contribution in [0.1, 0.15) is 38.7 Å². The minimum Gasteiger partial charge on any atom is -0.398 e. The highest BCUT2D eigenvalue weighted by Gasteiger charge is 2.21. The molecule has 0 aliphatic rings. The van der Waals surface area contributed by atoms with Crippen LogP contribution in [0.4, 0.5) is 5.69 Å². The molecule has 0 fully saturated rings. The fourth-order valence-electron chi connectivity index (χ4n) is 1.89. The summed E-state index contributed by atoms with van der Waals surface area (Å²) < 4.78 is 26.1. The van der Waals surface area contributed by atoms with Gasteiger partial charge in [-0.3, -0.25) is 0 Å². The van der Waals surface area contributed by atoms with Gasteiger partial charge in [0.2, 0.25) is 10.0 Å². The number of nitrogen functional groups attached to an aromatic ring is 1. The van der Waals surface area contributed by atoms with Crippen molar-refractivity contribution in [2.75, 3.05) is 18.0 Å². The van der Waals surface area contributed by atoms with E-state index in [4.69, 9.17) is 5.73 Å². The Morgan fingerprint density at radius 2 is 1.84 bits per heavy atom. The van der Waals surface area contributed by atoms with Gasteiger partial charge in [0.1, 0.15) is 0 Å². The molecule has 0 bridgehead atoms. The molecule has 0 aromatic heterocycles. The van der Waals surface area contributed by atoms with Crippen LogP contribution in [0.2, 0.25) is 0 Å². The van der Waals surface area contributed by atoms with E-state index in [1.807, 2.05) is 32.0 Å². The first-order chi connectivity index (χ1) is 9.01. The highest BCUT2D eigenvalue weighted by molar-refractivity contribution is 7.89. The number of anilines is 1. The molecule has 0 saturated carbocycles. The maximum atomic E-state index is 12.3. The molecule has 0 unspecified atom stereocenters. The van der Waals surface area contributed by atoms with Gasteiger partial charge in [0, 0.05) is 18.8 Å². The number of benzene rings is 1. The van der Waals surface area contributed by atoms with Crippen molar-refractivity contribution in [3.05, 3.63) is 29.8 Å². The Kier molecular flexibility index (Phi) is 6.31. The zero-order valence-corrected chi connectivity index (χ0v) is 12.6. The maximum Gasteiger partial charge on any atom is 0.214 e. The van der Waals surface area contributed by atoms with E-state index in [9.17, 15) is 8.42 Å². The molecule has 4 nitrogen and oxygen atoms in total. The lowest BCUT2D eigenvalue weighted by molar-refractivity contribution is 0.405. The van der Waals surface area contributed by atoms with Gasteiger partial charge in [-0.05, 0) is 24.5 Å². The molecular formula is C14H24N2O2S. The molecule has 0 amide bonds. The van der Waals surface area contributed by atoms with Gasteiger partial charge < -0.3 is 5.73 Å². The van der Waals surface area contributed by atoms with Crippen molar-refractivity contribution in [2.45, 2.75) is 39.7 Å². The van der Waals surface area contributed by atoms with Crippen molar-refractivity contribution in [1.82, 2.24) is 4.31 Å². The van der Waals surface area contributed by atoms with Crippen molar-refractivity contribution in [1.29, 1.82) is 0 Å².